The summed E-state index contributed by atoms with van der Waals surface area (Å²) in [6.45, 7) is 0.454. The molecule has 2 N–H and O–H groups in total. The van der Waals surface area contributed by atoms with Gasteiger partial charge in [0.1, 0.15) is 0 Å². The van der Waals surface area contributed by atoms with Crippen LogP contribution in [0.1, 0.15) is 16.1 Å². The van der Waals surface area contributed by atoms with Gasteiger partial charge in [-0.25, -0.2) is 9.78 Å². The van der Waals surface area contributed by atoms with Gasteiger partial charge in [0, 0.05) is 12.2 Å². The van der Waals surface area contributed by atoms with Gasteiger partial charge in [0.05, 0.1) is 19.6 Å². The normalized spacial score (nSPS) is 10.2. The Morgan fingerprint density at radius 2 is 2.35 bits per heavy atom. The van der Waals surface area contributed by atoms with Crippen molar-refractivity contribution < 1.29 is 9.53 Å². The summed E-state index contributed by atoms with van der Waals surface area (Å²) < 4.78 is 6.36. The second-order valence-corrected chi connectivity index (χ2v) is 3.51. The molecule has 0 atom stereocenters. The maximum atomic E-state index is 11.5. The van der Waals surface area contributed by atoms with Gasteiger partial charge in [-0.3, -0.25) is 4.57 Å². The van der Waals surface area contributed by atoms with Gasteiger partial charge in [0.15, 0.2) is 5.69 Å². The van der Waals surface area contributed by atoms with E-state index in [9.17, 15) is 4.79 Å². The lowest BCUT2D eigenvalue weighted by atomic mass is 10.2. The molecular formula is C12H13N3O2. The summed E-state index contributed by atoms with van der Waals surface area (Å²) in [6.07, 6.45) is 3.04. The number of aromatic nitrogens is 2. The highest BCUT2D eigenvalue weighted by Gasteiger charge is 2.12. The highest BCUT2D eigenvalue weighted by molar-refractivity contribution is 5.87. The van der Waals surface area contributed by atoms with Crippen LogP contribution in [0.3, 0.4) is 0 Å². The van der Waals surface area contributed by atoms with E-state index < -0.39 is 5.97 Å². The zero-order valence-corrected chi connectivity index (χ0v) is 9.46. The van der Waals surface area contributed by atoms with Crippen molar-refractivity contribution >= 4 is 5.97 Å². The van der Waals surface area contributed by atoms with Gasteiger partial charge < -0.3 is 10.5 Å². The van der Waals surface area contributed by atoms with E-state index in [1.165, 1.54) is 13.3 Å². The molecule has 0 aliphatic rings. The van der Waals surface area contributed by atoms with Crippen LogP contribution in [0.15, 0.2) is 36.8 Å². The fourth-order valence-corrected chi connectivity index (χ4v) is 1.59. The first kappa shape index (κ1) is 11.3. The van der Waals surface area contributed by atoms with Crippen LogP contribution in [0.2, 0.25) is 0 Å². The molecule has 0 aliphatic carbocycles. The Morgan fingerprint density at radius 3 is 3.06 bits per heavy atom. The van der Waals surface area contributed by atoms with Crippen molar-refractivity contribution in [1.29, 1.82) is 0 Å². The zero-order chi connectivity index (χ0) is 12.3. The summed E-state index contributed by atoms with van der Waals surface area (Å²) in [7, 11) is 1.34. The Bertz CT molecular complexity index is 534. The molecule has 1 aromatic heterocycles. The monoisotopic (exact) mass is 231 g/mol. The number of hydrogen-bond donors (Lipinski definition) is 1. The smallest absolute Gasteiger partial charge is 0.356 e. The average Bonchev–Trinajstić information content (AvgIpc) is 2.87. The standard InChI is InChI=1S/C12H13N3O2/c1-17-12(16)11-7-14-8-15(11)10-4-2-3-9(5-10)6-13/h2-5,7-8H,6,13H2,1H3. The molecule has 0 unspecified atom stereocenters. The summed E-state index contributed by atoms with van der Waals surface area (Å²) in [5.41, 5.74) is 7.80. The summed E-state index contributed by atoms with van der Waals surface area (Å²) in [5, 5.41) is 0. The Balaban J connectivity index is 2.45. The fraction of sp³-hybridized carbons (Fsp3) is 0.167. The summed E-state index contributed by atoms with van der Waals surface area (Å²) >= 11 is 0. The topological polar surface area (TPSA) is 70.1 Å². The number of nitrogens with zero attached hydrogens (tertiary/aromatic N) is 2. The largest absolute Gasteiger partial charge is 0.464 e. The van der Waals surface area contributed by atoms with Crippen LogP contribution in [-0.2, 0) is 11.3 Å². The third-order valence-corrected chi connectivity index (χ3v) is 2.46. The van der Waals surface area contributed by atoms with E-state index in [2.05, 4.69) is 9.72 Å². The number of ether oxygens (including phenoxy) is 1. The van der Waals surface area contributed by atoms with Crippen LogP contribution in [0.25, 0.3) is 5.69 Å². The van der Waals surface area contributed by atoms with Crippen LogP contribution >= 0.6 is 0 Å². The number of carbonyl (C=O) groups is 1. The van der Waals surface area contributed by atoms with E-state index >= 15 is 0 Å². The van der Waals surface area contributed by atoms with Crippen molar-refractivity contribution in [3.8, 4) is 5.69 Å². The van der Waals surface area contributed by atoms with Crippen molar-refractivity contribution in [2.75, 3.05) is 7.11 Å². The third-order valence-electron chi connectivity index (χ3n) is 2.46. The first-order valence-electron chi connectivity index (χ1n) is 5.16. The van der Waals surface area contributed by atoms with E-state index in [0.29, 0.717) is 12.2 Å². The average molecular weight is 231 g/mol. The number of nitrogens with two attached hydrogens (primary N) is 1. The van der Waals surface area contributed by atoms with Gasteiger partial charge >= 0.3 is 5.97 Å². The highest BCUT2D eigenvalue weighted by atomic mass is 16.5. The number of imidazole rings is 1. The first-order valence-corrected chi connectivity index (χ1v) is 5.16. The van der Waals surface area contributed by atoms with Crippen molar-refractivity contribution in [3.05, 3.63) is 48.0 Å². The van der Waals surface area contributed by atoms with Gasteiger partial charge in [-0.2, -0.15) is 0 Å². The van der Waals surface area contributed by atoms with Gasteiger partial charge in [0.2, 0.25) is 0 Å². The van der Waals surface area contributed by atoms with Crippen molar-refractivity contribution in [3.63, 3.8) is 0 Å². The zero-order valence-electron chi connectivity index (χ0n) is 9.46. The molecule has 2 rings (SSSR count). The molecule has 1 aromatic carbocycles. The third kappa shape index (κ3) is 2.19. The maximum Gasteiger partial charge on any atom is 0.356 e. The van der Waals surface area contributed by atoms with Gasteiger partial charge in [0.25, 0.3) is 0 Å². The van der Waals surface area contributed by atoms with Crippen molar-refractivity contribution in [2.24, 2.45) is 5.73 Å². The minimum Gasteiger partial charge on any atom is -0.464 e. The molecule has 0 fully saturated rings. The number of carbonyl (C=O) groups excluding carboxylic acids is 1. The number of hydrogen-bond acceptors (Lipinski definition) is 4. The molecule has 88 valence electrons. The summed E-state index contributed by atoms with van der Waals surface area (Å²) in [4.78, 5) is 15.5. The van der Waals surface area contributed by atoms with Crippen molar-refractivity contribution in [1.82, 2.24) is 9.55 Å². The molecule has 5 nitrogen and oxygen atoms in total. The van der Waals surface area contributed by atoms with Crippen molar-refractivity contribution in [2.45, 2.75) is 6.54 Å². The van der Waals surface area contributed by atoms with E-state index in [4.69, 9.17) is 5.73 Å². The summed E-state index contributed by atoms with van der Waals surface area (Å²) in [6, 6.07) is 7.61. The fourth-order valence-electron chi connectivity index (χ4n) is 1.59. The van der Waals surface area contributed by atoms with Crippen LogP contribution in [0, 0.1) is 0 Å². The van der Waals surface area contributed by atoms with Crippen LogP contribution in [0.4, 0.5) is 0 Å². The predicted molar refractivity (Wildman–Crippen MR) is 62.8 cm³/mol. The van der Waals surface area contributed by atoms with E-state index in [1.807, 2.05) is 24.3 Å². The molecule has 0 saturated heterocycles. The molecule has 0 amide bonds. The summed E-state index contributed by atoms with van der Waals surface area (Å²) in [5.74, 6) is -0.416. The lowest BCUT2D eigenvalue weighted by Crippen LogP contribution is -2.08. The van der Waals surface area contributed by atoms with Crippen LogP contribution < -0.4 is 5.73 Å². The lowest BCUT2D eigenvalue weighted by Gasteiger charge is -2.07. The number of benzene rings is 1. The van der Waals surface area contributed by atoms with E-state index in [1.54, 1.807) is 10.9 Å². The van der Waals surface area contributed by atoms with Gasteiger partial charge in [-0.05, 0) is 17.7 Å². The number of esters is 1. The molecular weight excluding hydrogens is 218 g/mol. The number of methoxy groups -OCH3 is 1. The SMILES string of the molecule is COC(=O)c1cncn1-c1cccc(CN)c1. The molecule has 5 heteroatoms. The molecule has 0 aliphatic heterocycles. The van der Waals surface area contributed by atoms with E-state index in [-0.39, 0.29) is 0 Å². The van der Waals surface area contributed by atoms with E-state index in [0.717, 1.165) is 11.3 Å². The second-order valence-electron chi connectivity index (χ2n) is 3.51. The molecule has 17 heavy (non-hydrogen) atoms. The Kier molecular flexibility index (Phi) is 3.20. The predicted octanol–water partition coefficient (Wildman–Crippen LogP) is 1.12. The van der Waals surface area contributed by atoms with Gasteiger partial charge in [-0.1, -0.05) is 12.1 Å². The van der Waals surface area contributed by atoms with Crippen LogP contribution in [0.5, 0.6) is 0 Å². The second kappa shape index (κ2) is 4.80. The minimum absolute atomic E-state index is 0.390. The highest BCUT2D eigenvalue weighted by Crippen LogP contribution is 2.13. The molecule has 2 aromatic rings. The first-order chi connectivity index (χ1) is 8.26. The minimum atomic E-state index is -0.416. The molecule has 0 saturated carbocycles. The van der Waals surface area contributed by atoms with Crippen LogP contribution in [-0.4, -0.2) is 22.6 Å². The quantitative estimate of drug-likeness (QED) is 0.803. The lowest BCUT2D eigenvalue weighted by molar-refractivity contribution is 0.0591. The van der Waals surface area contributed by atoms with Gasteiger partial charge in [-0.15, -0.1) is 0 Å². The molecule has 0 bridgehead atoms. The Hall–Kier alpha value is -2.14. The number of rotatable bonds is 3. The molecule has 1 heterocycles. The Morgan fingerprint density at radius 1 is 1.53 bits per heavy atom. The molecule has 0 radical (unpaired) electrons. The maximum absolute atomic E-state index is 11.5. The Labute approximate surface area is 98.8 Å². The molecule has 0 spiro atoms.